The number of hydrogen-bond donors (Lipinski definition) is 0. The molecule has 0 unspecified atom stereocenters. The lowest BCUT2D eigenvalue weighted by molar-refractivity contribution is -0.473. The first-order valence-corrected chi connectivity index (χ1v) is 7.47. The summed E-state index contributed by atoms with van der Waals surface area (Å²) < 4.78 is 22.5. The molecule has 4 fully saturated rings. The number of esters is 2. The fraction of sp³-hybridized carbons (Fsp3) is 0.867. The largest absolute Gasteiger partial charge is 0.435 e. The van der Waals surface area contributed by atoms with E-state index in [0.29, 0.717) is 12.3 Å². The predicted molar refractivity (Wildman–Crippen MR) is 70.6 cm³/mol. The monoisotopic (exact) mass is 298 g/mol. The lowest BCUT2D eigenvalue weighted by Crippen LogP contribution is -2.71. The van der Waals surface area contributed by atoms with Crippen molar-refractivity contribution in [3.05, 3.63) is 0 Å². The Hall–Kier alpha value is -1.14. The number of carbonyl (C=O) groups is 2. The van der Waals surface area contributed by atoms with Gasteiger partial charge < -0.3 is 18.9 Å². The van der Waals surface area contributed by atoms with Crippen LogP contribution in [0.3, 0.4) is 0 Å². The zero-order valence-electron chi connectivity index (χ0n) is 12.9. The molecule has 0 aromatic rings. The molecule has 0 amide bonds. The Morgan fingerprint density at radius 2 is 1.95 bits per heavy atom. The van der Waals surface area contributed by atoms with Crippen molar-refractivity contribution in [2.24, 2.45) is 17.3 Å². The van der Waals surface area contributed by atoms with Crippen LogP contribution in [0.25, 0.3) is 0 Å². The number of carbonyl (C=O) groups excluding carboxylic acids is 2. The minimum Gasteiger partial charge on any atom is -0.435 e. The van der Waals surface area contributed by atoms with Gasteiger partial charge in [0.25, 0.3) is 0 Å². The first-order chi connectivity index (χ1) is 9.77. The second-order valence-electron chi connectivity index (χ2n) is 6.69. The molecular formula is C15H22O6. The van der Waals surface area contributed by atoms with E-state index in [9.17, 15) is 9.59 Å². The van der Waals surface area contributed by atoms with Crippen LogP contribution in [0.2, 0.25) is 0 Å². The van der Waals surface area contributed by atoms with Crippen LogP contribution in [0.5, 0.6) is 0 Å². The molecule has 21 heavy (non-hydrogen) atoms. The van der Waals surface area contributed by atoms with Crippen molar-refractivity contribution in [2.45, 2.75) is 65.3 Å². The van der Waals surface area contributed by atoms with Gasteiger partial charge in [-0.2, -0.15) is 0 Å². The van der Waals surface area contributed by atoms with Crippen molar-refractivity contribution in [3.8, 4) is 0 Å². The van der Waals surface area contributed by atoms with E-state index in [0.717, 1.165) is 12.8 Å². The Labute approximate surface area is 124 Å². The summed E-state index contributed by atoms with van der Waals surface area (Å²) in [5.74, 6) is -1.71. The van der Waals surface area contributed by atoms with Gasteiger partial charge in [0.2, 0.25) is 12.1 Å². The van der Waals surface area contributed by atoms with Gasteiger partial charge in [-0.15, -0.1) is 0 Å². The fourth-order valence-electron chi connectivity index (χ4n) is 4.26. The minimum absolute atomic E-state index is 0.144. The van der Waals surface area contributed by atoms with Gasteiger partial charge in [0, 0.05) is 26.7 Å². The van der Waals surface area contributed by atoms with Crippen LogP contribution in [0.1, 0.15) is 47.0 Å². The predicted octanol–water partition coefficient (Wildman–Crippen LogP) is 1.96. The standard InChI is InChI=1S/C15H22O6/c1-8-5-6-15(20-10(3)17)12-13(18-9(2)16)19-11(21-15)7-14(8,12)4/h8,11-13H,5-7H2,1-4H3/t8-,11+,12+,13+,14+,15-/m0/s1. The zero-order valence-corrected chi connectivity index (χ0v) is 12.9. The second kappa shape index (κ2) is 4.68. The SMILES string of the molecule is CC(=O)O[C@@H]1O[C@H]2C[C@]3(C)[C@@H](C)CC[C@](OC(C)=O)(O2)[C@H]13. The van der Waals surface area contributed by atoms with Gasteiger partial charge in [-0.3, -0.25) is 9.59 Å². The highest BCUT2D eigenvalue weighted by atomic mass is 16.8. The molecule has 0 N–H and O–H groups in total. The highest BCUT2D eigenvalue weighted by molar-refractivity contribution is 5.67. The van der Waals surface area contributed by atoms with Crippen molar-refractivity contribution in [1.29, 1.82) is 0 Å². The molecule has 0 radical (unpaired) electrons. The molecule has 6 heteroatoms. The Kier molecular flexibility index (Phi) is 3.29. The molecule has 1 aliphatic carbocycles. The van der Waals surface area contributed by atoms with E-state index < -0.39 is 24.3 Å². The normalized spacial score (nSPS) is 47.8. The van der Waals surface area contributed by atoms with Crippen LogP contribution in [-0.2, 0) is 28.5 Å². The molecular weight excluding hydrogens is 276 g/mol. The summed E-state index contributed by atoms with van der Waals surface area (Å²) in [6.45, 7) is 7.06. The molecule has 0 spiro atoms. The summed E-state index contributed by atoms with van der Waals surface area (Å²) in [6, 6.07) is 0. The molecule has 3 heterocycles. The number of hydrogen-bond acceptors (Lipinski definition) is 6. The third-order valence-electron chi connectivity index (χ3n) is 5.33. The molecule has 118 valence electrons. The van der Waals surface area contributed by atoms with E-state index in [-0.39, 0.29) is 17.3 Å². The first kappa shape index (κ1) is 14.8. The van der Waals surface area contributed by atoms with Gasteiger partial charge in [0.05, 0.1) is 5.92 Å². The van der Waals surface area contributed by atoms with Gasteiger partial charge in [0.15, 0.2) is 6.29 Å². The molecule has 6 atom stereocenters. The molecule has 0 aromatic carbocycles. The van der Waals surface area contributed by atoms with Crippen LogP contribution >= 0.6 is 0 Å². The van der Waals surface area contributed by atoms with Crippen LogP contribution in [0.15, 0.2) is 0 Å². The molecule has 0 aromatic heterocycles. The third kappa shape index (κ3) is 2.16. The van der Waals surface area contributed by atoms with Crippen molar-refractivity contribution in [2.75, 3.05) is 0 Å². The second-order valence-corrected chi connectivity index (χ2v) is 6.69. The van der Waals surface area contributed by atoms with Crippen molar-refractivity contribution in [1.82, 2.24) is 0 Å². The summed E-state index contributed by atoms with van der Waals surface area (Å²) in [6.07, 6.45) is 0.999. The van der Waals surface area contributed by atoms with E-state index in [1.165, 1.54) is 13.8 Å². The first-order valence-electron chi connectivity index (χ1n) is 7.47. The van der Waals surface area contributed by atoms with Gasteiger partial charge in [-0.1, -0.05) is 13.8 Å². The van der Waals surface area contributed by atoms with E-state index in [4.69, 9.17) is 18.9 Å². The Bertz CT molecular complexity index is 477. The summed E-state index contributed by atoms with van der Waals surface area (Å²) in [5, 5.41) is 0. The smallest absolute Gasteiger partial charge is 0.305 e. The quantitative estimate of drug-likeness (QED) is 0.726. The highest BCUT2D eigenvalue weighted by Crippen LogP contribution is 2.63. The van der Waals surface area contributed by atoms with Crippen molar-refractivity contribution in [3.63, 3.8) is 0 Å². The average Bonchev–Trinajstić information content (AvgIpc) is 2.32. The maximum atomic E-state index is 11.5. The van der Waals surface area contributed by atoms with Crippen LogP contribution in [0.4, 0.5) is 0 Å². The van der Waals surface area contributed by atoms with Crippen molar-refractivity contribution >= 4 is 11.9 Å². The van der Waals surface area contributed by atoms with Crippen molar-refractivity contribution < 1.29 is 28.5 Å². The summed E-state index contributed by atoms with van der Waals surface area (Å²) >= 11 is 0. The van der Waals surface area contributed by atoms with E-state index in [2.05, 4.69) is 13.8 Å². The van der Waals surface area contributed by atoms with Crippen LogP contribution in [0, 0.1) is 17.3 Å². The number of ether oxygens (including phenoxy) is 4. The van der Waals surface area contributed by atoms with Gasteiger partial charge in [-0.05, 0) is 17.8 Å². The Morgan fingerprint density at radius 1 is 1.24 bits per heavy atom. The summed E-state index contributed by atoms with van der Waals surface area (Å²) in [5.41, 5.74) is -0.144. The molecule has 4 bridgehead atoms. The highest BCUT2D eigenvalue weighted by Gasteiger charge is 2.69. The summed E-state index contributed by atoms with van der Waals surface area (Å²) in [4.78, 5) is 22.9. The lowest BCUT2D eigenvalue weighted by Gasteiger charge is -2.64. The molecule has 4 rings (SSSR count). The third-order valence-corrected chi connectivity index (χ3v) is 5.33. The maximum absolute atomic E-state index is 11.5. The Balaban J connectivity index is 2.01. The van der Waals surface area contributed by atoms with Crippen LogP contribution < -0.4 is 0 Å². The average molecular weight is 298 g/mol. The van der Waals surface area contributed by atoms with Gasteiger partial charge in [-0.25, -0.2) is 0 Å². The molecule has 3 aliphatic heterocycles. The van der Waals surface area contributed by atoms with Gasteiger partial charge >= 0.3 is 11.9 Å². The number of rotatable bonds is 2. The molecule has 4 aliphatic rings. The van der Waals surface area contributed by atoms with Crippen LogP contribution in [-0.4, -0.2) is 30.3 Å². The Morgan fingerprint density at radius 3 is 2.57 bits per heavy atom. The van der Waals surface area contributed by atoms with E-state index in [1.807, 2.05) is 0 Å². The molecule has 3 saturated heterocycles. The van der Waals surface area contributed by atoms with Gasteiger partial charge in [0.1, 0.15) is 0 Å². The molecule has 6 nitrogen and oxygen atoms in total. The zero-order chi connectivity index (χ0) is 15.4. The topological polar surface area (TPSA) is 71.1 Å². The van der Waals surface area contributed by atoms with E-state index >= 15 is 0 Å². The molecule has 1 saturated carbocycles. The van der Waals surface area contributed by atoms with E-state index in [1.54, 1.807) is 0 Å². The fourth-order valence-corrected chi connectivity index (χ4v) is 4.26. The summed E-state index contributed by atoms with van der Waals surface area (Å²) in [7, 11) is 0. The number of fused-ring (bicyclic) bond motifs is 1. The maximum Gasteiger partial charge on any atom is 0.305 e. The lowest BCUT2D eigenvalue weighted by atomic mass is 9.55. The minimum atomic E-state index is -1.03.